The Balaban J connectivity index is 4.25. The fraction of sp³-hybridized carbons (Fsp3) is 0.571. The molecule has 0 aromatic carbocycles. The van der Waals surface area contributed by atoms with E-state index in [0.717, 1.165) is 0 Å². The van der Waals surface area contributed by atoms with E-state index in [2.05, 4.69) is 11.1 Å². The number of hydrogen-bond donors (Lipinski definition) is 4. The van der Waals surface area contributed by atoms with Crippen LogP contribution < -0.4 is 0 Å². The number of hydrogen-bond acceptors (Lipinski definition) is 3. The van der Waals surface area contributed by atoms with Crippen LogP contribution in [0.15, 0.2) is 12.2 Å². The van der Waals surface area contributed by atoms with Gasteiger partial charge in [0.05, 0.1) is 0 Å². The van der Waals surface area contributed by atoms with Gasteiger partial charge in [-0.3, -0.25) is 0 Å². The van der Waals surface area contributed by atoms with Crippen LogP contribution in [0.4, 0.5) is 0 Å². The van der Waals surface area contributed by atoms with Gasteiger partial charge in [-0.25, -0.2) is 4.79 Å². The maximum absolute atomic E-state index is 10.9. The van der Waals surface area contributed by atoms with Crippen molar-refractivity contribution in [2.75, 3.05) is 12.4 Å². The van der Waals surface area contributed by atoms with E-state index in [-0.39, 0.29) is 23.1 Å². The third-order valence-electron chi connectivity index (χ3n) is 1.15. The zero-order valence-corrected chi connectivity index (χ0v) is 9.67. The van der Waals surface area contributed by atoms with Crippen LogP contribution in [0.25, 0.3) is 0 Å². The lowest BCUT2D eigenvalue weighted by Gasteiger charge is -2.12. The molecule has 0 saturated heterocycles. The first kappa shape index (κ1) is 13.9. The van der Waals surface area contributed by atoms with Crippen molar-refractivity contribution in [2.45, 2.75) is 13.3 Å². The molecule has 0 heterocycles. The van der Waals surface area contributed by atoms with Crippen LogP contribution in [0, 0.1) is 0 Å². The molecule has 0 bridgehead atoms. The van der Waals surface area contributed by atoms with E-state index in [4.69, 9.17) is 5.11 Å². The maximum atomic E-state index is 10.9. The van der Waals surface area contributed by atoms with E-state index < -0.39 is 12.7 Å². The molecular formula is C7H15O5PS. The fourth-order valence-electron chi connectivity index (χ4n) is 0.490. The highest BCUT2D eigenvalue weighted by Crippen LogP contribution is 2.40. The normalized spacial score (nSPS) is 11.1. The van der Waals surface area contributed by atoms with Crippen LogP contribution in [0.2, 0.25) is 0 Å². The Morgan fingerprint density at radius 2 is 2.14 bits per heavy atom. The molecule has 0 radical (unpaired) electrons. The Labute approximate surface area is 86.2 Å². The summed E-state index contributed by atoms with van der Waals surface area (Å²) in [6.07, 6.45) is 0.440. The zero-order chi connectivity index (χ0) is 11.2. The summed E-state index contributed by atoms with van der Waals surface area (Å²) in [6, 6.07) is 0. The molecule has 84 valence electrons. The average Bonchev–Trinajstić information content (AvgIpc) is 2.03. The van der Waals surface area contributed by atoms with Gasteiger partial charge in [0.15, 0.2) is 0 Å². The van der Waals surface area contributed by atoms with Gasteiger partial charge in [0.1, 0.15) is 0 Å². The summed E-state index contributed by atoms with van der Waals surface area (Å²) in [5, 5.41) is 8.46. The standard InChI is InChI=1S/C7H15O5PS/c1-6(2)7(9)12-13(10,11)14-5-3-4-8/h8,10-11,14H,1,3-5H2,2H3. The number of rotatable bonds is 5. The number of thiol groups is 1. The highest BCUT2D eigenvalue weighted by atomic mass is 32.5. The quantitative estimate of drug-likeness (QED) is 0.235. The van der Waals surface area contributed by atoms with E-state index >= 15 is 0 Å². The molecule has 3 N–H and O–H groups in total. The van der Waals surface area contributed by atoms with E-state index in [1.54, 1.807) is 0 Å². The second-order valence-electron chi connectivity index (χ2n) is 2.61. The Kier molecular flexibility index (Phi) is 6.31. The topological polar surface area (TPSA) is 87.0 Å². The molecule has 0 rings (SSSR count). The number of aliphatic hydroxyl groups excluding tert-OH is 1. The van der Waals surface area contributed by atoms with Crippen molar-refractivity contribution in [1.82, 2.24) is 0 Å². The average molecular weight is 242 g/mol. The SMILES string of the molecule is C=C(C)C(=O)OP(O)(O)=[SH]CCCO. The summed E-state index contributed by atoms with van der Waals surface area (Å²) in [4.78, 5) is 29.4. The molecule has 5 nitrogen and oxygen atoms in total. The Morgan fingerprint density at radius 1 is 1.57 bits per heavy atom. The summed E-state index contributed by atoms with van der Waals surface area (Å²) >= 11 is 0. The lowest BCUT2D eigenvalue weighted by molar-refractivity contribution is -0.130. The minimum atomic E-state index is -3.63. The Morgan fingerprint density at radius 3 is 2.57 bits per heavy atom. The highest BCUT2D eigenvalue weighted by Gasteiger charge is 2.15. The summed E-state index contributed by atoms with van der Waals surface area (Å²) in [5.41, 5.74) is 0.120. The molecule has 0 aliphatic carbocycles. The molecule has 0 aromatic rings. The first-order valence-electron chi connectivity index (χ1n) is 3.93. The molecule has 0 atom stereocenters. The third-order valence-corrected chi connectivity index (χ3v) is 4.40. The molecule has 0 aliphatic heterocycles. The van der Waals surface area contributed by atoms with Crippen LogP contribution >= 0.6 is 6.72 Å². The fourth-order valence-corrected chi connectivity index (χ4v) is 3.07. The zero-order valence-electron chi connectivity index (χ0n) is 7.88. The van der Waals surface area contributed by atoms with E-state index in [1.165, 1.54) is 6.92 Å². The molecule has 0 spiro atoms. The van der Waals surface area contributed by atoms with Gasteiger partial charge < -0.3 is 19.4 Å². The van der Waals surface area contributed by atoms with Crippen molar-refractivity contribution < 1.29 is 24.2 Å². The Hall–Kier alpha value is -0.130. The molecule has 0 saturated carbocycles. The van der Waals surface area contributed by atoms with Crippen LogP contribution in [-0.4, -0.2) is 33.2 Å². The van der Waals surface area contributed by atoms with Crippen molar-refractivity contribution in [3.05, 3.63) is 12.2 Å². The summed E-state index contributed by atoms with van der Waals surface area (Å²) < 4.78 is 4.44. The lowest BCUT2D eigenvalue weighted by Crippen LogP contribution is -2.04. The number of carbonyl (C=O) groups excluding carboxylic acids is 1. The maximum Gasteiger partial charge on any atom is 0.339 e. The van der Waals surface area contributed by atoms with Crippen molar-refractivity contribution in [2.24, 2.45) is 0 Å². The second kappa shape index (κ2) is 6.37. The molecule has 0 aliphatic rings. The molecule has 14 heavy (non-hydrogen) atoms. The largest absolute Gasteiger partial charge is 0.396 e. The summed E-state index contributed by atoms with van der Waals surface area (Å²) in [7, 11) is 0.228. The van der Waals surface area contributed by atoms with Crippen LogP contribution in [0.3, 0.4) is 0 Å². The lowest BCUT2D eigenvalue weighted by atomic mass is 10.4. The molecule has 7 heteroatoms. The van der Waals surface area contributed by atoms with Crippen LogP contribution in [-0.2, 0) is 20.3 Å². The van der Waals surface area contributed by atoms with Crippen molar-refractivity contribution in [1.29, 1.82) is 0 Å². The molecule has 0 aromatic heterocycles. The van der Waals surface area contributed by atoms with Crippen molar-refractivity contribution in [3.63, 3.8) is 0 Å². The number of aliphatic hydroxyl groups is 1. The minimum absolute atomic E-state index is 0.0264. The van der Waals surface area contributed by atoms with E-state index in [0.29, 0.717) is 12.2 Å². The molecule has 0 fully saturated rings. The third kappa shape index (κ3) is 6.34. The second-order valence-corrected chi connectivity index (χ2v) is 6.97. The van der Waals surface area contributed by atoms with Gasteiger partial charge in [0.25, 0.3) is 0 Å². The van der Waals surface area contributed by atoms with Crippen LogP contribution in [0.5, 0.6) is 0 Å². The summed E-state index contributed by atoms with van der Waals surface area (Å²) in [6.45, 7) is 1.08. The van der Waals surface area contributed by atoms with Gasteiger partial charge in [-0.15, -0.1) is 10.9 Å². The van der Waals surface area contributed by atoms with E-state index in [1.807, 2.05) is 0 Å². The van der Waals surface area contributed by atoms with Gasteiger partial charge >= 0.3 is 12.7 Å². The van der Waals surface area contributed by atoms with Gasteiger partial charge in [-0.2, -0.15) is 0 Å². The van der Waals surface area contributed by atoms with E-state index in [9.17, 15) is 14.6 Å². The molecule has 0 unspecified atom stereocenters. The predicted molar refractivity (Wildman–Crippen MR) is 57.6 cm³/mol. The number of carbonyl (C=O) groups is 1. The Bertz CT molecular complexity index is 269. The van der Waals surface area contributed by atoms with Crippen molar-refractivity contribution >= 4 is 23.6 Å². The predicted octanol–water partition coefficient (Wildman–Crippen LogP) is -0.0348. The monoisotopic (exact) mass is 242 g/mol. The summed E-state index contributed by atoms with van der Waals surface area (Å²) in [5.74, 6) is -0.430. The first-order chi connectivity index (χ1) is 6.39. The molecule has 0 amide bonds. The first-order valence-corrected chi connectivity index (χ1v) is 7.32. The minimum Gasteiger partial charge on any atom is -0.396 e. The van der Waals surface area contributed by atoms with Gasteiger partial charge in [0, 0.05) is 12.2 Å². The smallest absolute Gasteiger partial charge is 0.339 e. The van der Waals surface area contributed by atoms with Gasteiger partial charge in [-0.05, 0) is 19.1 Å². The van der Waals surface area contributed by atoms with Crippen molar-refractivity contribution in [3.8, 4) is 0 Å². The van der Waals surface area contributed by atoms with Gasteiger partial charge in [-0.1, -0.05) is 6.58 Å². The van der Waals surface area contributed by atoms with Crippen LogP contribution in [0.1, 0.15) is 13.3 Å². The van der Waals surface area contributed by atoms with Gasteiger partial charge in [0.2, 0.25) is 0 Å². The highest BCUT2D eigenvalue weighted by molar-refractivity contribution is 8.16. The molecular weight excluding hydrogens is 227 g/mol.